The number of nitrogens with one attached hydrogen (secondary N) is 2. The number of carbonyl (C=O) groups excluding carboxylic acids is 2. The molecule has 3 aromatic rings. The van der Waals surface area contributed by atoms with Crippen LogP contribution < -0.4 is 21.7 Å². The van der Waals surface area contributed by atoms with Crippen molar-refractivity contribution in [1.82, 2.24) is 39.8 Å². The van der Waals surface area contributed by atoms with Gasteiger partial charge in [0.05, 0.1) is 5.56 Å². The lowest BCUT2D eigenvalue weighted by Gasteiger charge is -2.48. The molecule has 0 spiro atoms. The first kappa shape index (κ1) is 30.4. The van der Waals surface area contributed by atoms with Crippen LogP contribution in [0.4, 0.5) is 17.5 Å². The minimum absolute atomic E-state index is 0.0662. The van der Waals surface area contributed by atoms with Gasteiger partial charge in [0.25, 0.3) is 11.8 Å². The molecule has 1 atom stereocenters. The van der Waals surface area contributed by atoms with Gasteiger partial charge in [0.15, 0.2) is 22.5 Å². The Balaban J connectivity index is 1.22. The number of hydrogen-bond donors (Lipinski definition) is 4. The predicted octanol–water partition coefficient (Wildman–Crippen LogP) is 2.35. The lowest BCUT2D eigenvalue weighted by atomic mass is 9.97. The molecular weight excluding hydrogens is 595 g/mol. The molecule has 43 heavy (non-hydrogen) atoms. The topological polar surface area (TPSA) is 188 Å². The molecule has 228 valence electrons. The van der Waals surface area contributed by atoms with E-state index in [1.54, 1.807) is 18.2 Å². The molecule has 0 unspecified atom stereocenters. The summed E-state index contributed by atoms with van der Waals surface area (Å²) in [7, 11) is 0. The van der Waals surface area contributed by atoms with Crippen molar-refractivity contribution in [2.75, 3.05) is 49.1 Å². The fourth-order valence-electron chi connectivity index (χ4n) is 5.75. The summed E-state index contributed by atoms with van der Waals surface area (Å²) >= 11 is 12.4. The summed E-state index contributed by atoms with van der Waals surface area (Å²) in [6, 6.07) is 5.40. The van der Waals surface area contributed by atoms with Gasteiger partial charge in [0.1, 0.15) is 11.0 Å². The molecule has 2 amide bonds. The van der Waals surface area contributed by atoms with Gasteiger partial charge in [-0.2, -0.15) is 5.10 Å². The summed E-state index contributed by atoms with van der Waals surface area (Å²) in [6.45, 7) is 5.50. The quantitative estimate of drug-likeness (QED) is 0.179. The number of pyridine rings is 1. The van der Waals surface area contributed by atoms with Crippen LogP contribution in [0.1, 0.15) is 53.5 Å². The van der Waals surface area contributed by atoms with Crippen LogP contribution in [0.2, 0.25) is 10.3 Å². The molecule has 0 bridgehead atoms. The van der Waals surface area contributed by atoms with Crippen molar-refractivity contribution in [3.8, 4) is 0 Å². The van der Waals surface area contributed by atoms with Crippen molar-refractivity contribution in [3.63, 3.8) is 0 Å². The van der Waals surface area contributed by atoms with Gasteiger partial charge < -0.3 is 21.3 Å². The van der Waals surface area contributed by atoms with Crippen molar-refractivity contribution in [3.05, 3.63) is 52.2 Å². The van der Waals surface area contributed by atoms with E-state index in [2.05, 4.69) is 42.1 Å². The highest BCUT2D eigenvalue weighted by Gasteiger charge is 2.36. The fraction of sp³-hybridized carbons (Fsp3) is 0.444. The van der Waals surface area contributed by atoms with Crippen molar-refractivity contribution in [2.24, 2.45) is 0 Å². The number of anilines is 3. The number of halogens is 2. The van der Waals surface area contributed by atoms with Gasteiger partial charge in [-0.1, -0.05) is 36.5 Å². The number of rotatable bonds is 6. The molecular formula is C27H34Cl2N12O2. The third-order valence-corrected chi connectivity index (χ3v) is 8.30. The zero-order valence-corrected chi connectivity index (χ0v) is 25.2. The highest BCUT2D eigenvalue weighted by molar-refractivity contribution is 6.32. The summed E-state index contributed by atoms with van der Waals surface area (Å²) in [6.07, 6.45) is 6.68. The molecule has 2 aliphatic heterocycles. The van der Waals surface area contributed by atoms with Crippen LogP contribution in [-0.2, 0) is 0 Å². The largest absolute Gasteiger partial charge is 0.383 e. The maximum absolute atomic E-state index is 13.1. The van der Waals surface area contributed by atoms with E-state index in [1.807, 2.05) is 4.90 Å². The van der Waals surface area contributed by atoms with Gasteiger partial charge in [-0.3, -0.25) is 25.2 Å². The van der Waals surface area contributed by atoms with Crippen molar-refractivity contribution in [1.29, 1.82) is 5.41 Å². The van der Waals surface area contributed by atoms with Gasteiger partial charge in [0.2, 0.25) is 5.96 Å². The Hall–Kier alpha value is -4.01. The second-order valence-electron chi connectivity index (χ2n) is 10.5. The molecule has 2 aliphatic rings. The summed E-state index contributed by atoms with van der Waals surface area (Å²) < 4.78 is 1.19. The number of nitrogen functional groups attached to an aromatic ring is 2. The van der Waals surface area contributed by atoms with E-state index >= 15 is 0 Å². The third kappa shape index (κ3) is 6.65. The second-order valence-corrected chi connectivity index (χ2v) is 11.3. The minimum Gasteiger partial charge on any atom is -0.383 e. The molecule has 14 nitrogen and oxygen atoms in total. The summed E-state index contributed by atoms with van der Waals surface area (Å²) in [4.78, 5) is 45.0. The average molecular weight is 630 g/mol. The molecule has 0 saturated carbocycles. The fourth-order valence-corrected chi connectivity index (χ4v) is 6.15. The Kier molecular flexibility index (Phi) is 9.28. The monoisotopic (exact) mass is 628 g/mol. The Labute approximate surface area is 258 Å². The molecule has 3 aromatic heterocycles. The Morgan fingerprint density at radius 1 is 1.07 bits per heavy atom. The molecule has 2 saturated heterocycles. The average Bonchev–Trinajstić information content (AvgIpc) is 3.54. The van der Waals surface area contributed by atoms with E-state index < -0.39 is 5.91 Å². The first-order chi connectivity index (χ1) is 20.7. The summed E-state index contributed by atoms with van der Waals surface area (Å²) in [5.41, 5.74) is 12.3. The van der Waals surface area contributed by atoms with Crippen LogP contribution in [-0.4, -0.2) is 97.1 Å². The molecule has 5 heterocycles. The number of likely N-dealkylation sites (tertiary alicyclic amines) is 1. The third-order valence-electron chi connectivity index (χ3n) is 7.84. The lowest BCUT2D eigenvalue weighted by Crippen LogP contribution is -2.59. The van der Waals surface area contributed by atoms with Gasteiger partial charge >= 0.3 is 0 Å². The number of piperidine rings is 1. The highest BCUT2D eigenvalue weighted by atomic mass is 35.5. The summed E-state index contributed by atoms with van der Waals surface area (Å²) in [5.74, 6) is -0.593. The predicted molar refractivity (Wildman–Crippen MR) is 164 cm³/mol. The standard InChI is InChI=1S/C27H34Cl2N12O2/c1-2-4-17-15-39(24-21(29)35-20(23(31)36-24)25(42)37-27(32)41-10-3-9-33-41)13-14-40(17)16-7-11-38(12-8-16)26(43)18-5-6-19(28)34-22(18)30/h3,5-6,9-10,16-17H,2,4,7-8,11-15H2,1H3,(H2,30,34)(H2,31,36)(H2,32,37,42)/t17-/m0/s1. The molecule has 0 aromatic carbocycles. The zero-order valence-electron chi connectivity index (χ0n) is 23.7. The Bertz CT molecular complexity index is 1490. The normalized spacial score (nSPS) is 18.1. The van der Waals surface area contributed by atoms with Crippen LogP contribution in [0.15, 0.2) is 30.6 Å². The van der Waals surface area contributed by atoms with Gasteiger partial charge in [0, 0.05) is 57.2 Å². The van der Waals surface area contributed by atoms with E-state index in [-0.39, 0.29) is 45.5 Å². The van der Waals surface area contributed by atoms with Crippen LogP contribution >= 0.6 is 23.2 Å². The molecule has 6 N–H and O–H groups in total. The number of piperazine rings is 1. The maximum Gasteiger partial charge on any atom is 0.280 e. The number of amides is 2. The van der Waals surface area contributed by atoms with Gasteiger partial charge in [-0.05, 0) is 37.5 Å². The molecule has 0 aliphatic carbocycles. The van der Waals surface area contributed by atoms with Crippen molar-refractivity contribution >= 4 is 58.4 Å². The first-order valence-corrected chi connectivity index (χ1v) is 14.9. The zero-order chi connectivity index (χ0) is 30.7. The van der Waals surface area contributed by atoms with Crippen LogP contribution in [0.3, 0.4) is 0 Å². The second kappa shape index (κ2) is 13.1. The Morgan fingerprint density at radius 3 is 2.51 bits per heavy atom. The molecule has 2 fully saturated rings. The molecule has 5 rings (SSSR count). The van der Waals surface area contributed by atoms with Crippen LogP contribution in [0, 0.1) is 5.41 Å². The smallest absolute Gasteiger partial charge is 0.280 e. The summed E-state index contributed by atoms with van der Waals surface area (Å²) in [5, 5.41) is 14.6. The maximum atomic E-state index is 13.1. The number of aromatic nitrogens is 5. The minimum atomic E-state index is -0.701. The highest BCUT2D eigenvalue weighted by Crippen LogP contribution is 2.30. The number of nitrogens with zero attached hydrogens (tertiary/aromatic N) is 8. The SMILES string of the molecule is CCC[C@H]1CN(c2nc(N)c(C(=O)NC(=N)n3cccn3)nc2Cl)CCN1C1CCN(C(=O)c2ccc(Cl)nc2N)CC1. The first-order valence-electron chi connectivity index (χ1n) is 14.1. The number of carbonyl (C=O) groups is 2. The molecule has 16 heteroatoms. The molecule has 0 radical (unpaired) electrons. The lowest BCUT2D eigenvalue weighted by molar-refractivity contribution is 0.0481. The van der Waals surface area contributed by atoms with Crippen molar-refractivity contribution < 1.29 is 9.59 Å². The van der Waals surface area contributed by atoms with E-state index in [4.69, 9.17) is 40.1 Å². The van der Waals surface area contributed by atoms with Crippen molar-refractivity contribution in [2.45, 2.75) is 44.7 Å². The van der Waals surface area contributed by atoms with Crippen LogP contribution in [0.5, 0.6) is 0 Å². The van der Waals surface area contributed by atoms with E-state index in [1.165, 1.54) is 17.1 Å². The number of hydrogen-bond acceptors (Lipinski definition) is 11. The Morgan fingerprint density at radius 2 is 1.84 bits per heavy atom. The van der Waals surface area contributed by atoms with E-state index in [9.17, 15) is 9.59 Å². The van der Waals surface area contributed by atoms with E-state index in [0.29, 0.717) is 43.6 Å². The van der Waals surface area contributed by atoms with Gasteiger partial charge in [-0.15, -0.1) is 0 Å². The van der Waals surface area contributed by atoms with Crippen LogP contribution in [0.25, 0.3) is 0 Å². The van der Waals surface area contributed by atoms with E-state index in [0.717, 1.165) is 32.2 Å². The number of nitrogens with two attached hydrogens (primary N) is 2. The van der Waals surface area contributed by atoms with Gasteiger partial charge in [-0.25, -0.2) is 19.6 Å².